The molecule has 192 valence electrons. The van der Waals surface area contributed by atoms with Crippen LogP contribution >= 0.6 is 11.8 Å². The van der Waals surface area contributed by atoms with Crippen LogP contribution in [0.5, 0.6) is 11.5 Å². The Morgan fingerprint density at radius 1 is 1.13 bits per heavy atom. The molecule has 0 radical (unpaired) electrons. The smallest absolute Gasteiger partial charge is 0.344 e. The number of hydrogen-bond acceptors (Lipinski definition) is 9. The van der Waals surface area contributed by atoms with E-state index >= 15 is 0 Å². The van der Waals surface area contributed by atoms with Gasteiger partial charge in [0.2, 0.25) is 11.8 Å². The van der Waals surface area contributed by atoms with E-state index in [9.17, 15) is 9.90 Å². The minimum Gasteiger partial charge on any atom is -0.504 e. The Labute approximate surface area is 222 Å². The molecule has 38 heavy (non-hydrogen) atoms. The summed E-state index contributed by atoms with van der Waals surface area (Å²) in [6, 6.07) is 21.2. The van der Waals surface area contributed by atoms with Gasteiger partial charge in [-0.3, -0.25) is 10.2 Å². The quantitative estimate of drug-likeness (QED) is 0.364. The van der Waals surface area contributed by atoms with Crippen molar-refractivity contribution >= 4 is 40.9 Å². The lowest BCUT2D eigenvalue weighted by Crippen LogP contribution is -2.38. The number of aromatic nitrogens is 2. The zero-order chi connectivity index (χ0) is 26.2. The van der Waals surface area contributed by atoms with Crippen LogP contribution in [0.25, 0.3) is 0 Å². The maximum absolute atomic E-state index is 12.3. The number of benzene rings is 3. The Balaban J connectivity index is 1.25. The van der Waals surface area contributed by atoms with Crippen LogP contribution in [0.2, 0.25) is 0 Å². The number of fused-ring (bicyclic) bond motifs is 2. The van der Waals surface area contributed by atoms with Crippen molar-refractivity contribution in [3.63, 3.8) is 0 Å². The molecule has 1 fully saturated rings. The number of aromatic hydroxyl groups is 1. The summed E-state index contributed by atoms with van der Waals surface area (Å²) in [5, 5.41) is 19.8. The molecule has 1 unspecified atom stereocenters. The molecule has 1 atom stereocenters. The van der Waals surface area contributed by atoms with Crippen molar-refractivity contribution in [3.05, 3.63) is 78.2 Å². The minimum absolute atomic E-state index is 0.0291. The fourth-order valence-corrected chi connectivity index (χ4v) is 5.73. The highest BCUT2D eigenvalue weighted by molar-refractivity contribution is 7.99. The standard InChI is InChI=1S/C27H24N6O4S/c1-16(34)33-20(17-11-12-21(35)22(13-17)36-2)14-25(31-33)28-27-30-29-26(37-27)15-32-18-7-3-5-9-23(18)38-24-10-6-4-8-19(24)32/h3-13,20,35H,14-15H2,1-2H3,(H,28,30,31). The summed E-state index contributed by atoms with van der Waals surface area (Å²) in [6.07, 6.45) is 0.398. The molecule has 11 heteroatoms. The van der Waals surface area contributed by atoms with Crippen molar-refractivity contribution in [2.45, 2.75) is 35.7 Å². The highest BCUT2D eigenvalue weighted by atomic mass is 32.2. The third-order valence-corrected chi connectivity index (χ3v) is 7.52. The molecule has 0 bridgehead atoms. The molecule has 3 heterocycles. The van der Waals surface area contributed by atoms with Crippen molar-refractivity contribution < 1.29 is 19.1 Å². The van der Waals surface area contributed by atoms with Crippen LogP contribution in [-0.2, 0) is 11.3 Å². The molecule has 1 aromatic heterocycles. The zero-order valence-corrected chi connectivity index (χ0v) is 21.5. The van der Waals surface area contributed by atoms with Gasteiger partial charge in [-0.25, -0.2) is 5.01 Å². The number of phenols is 1. The van der Waals surface area contributed by atoms with Crippen molar-refractivity contribution in [2.24, 2.45) is 4.99 Å². The number of amidine groups is 1. The molecule has 1 amide bonds. The number of phenolic OH excluding ortho intramolecular Hbond substituents is 1. The van der Waals surface area contributed by atoms with Crippen LogP contribution in [0.4, 0.5) is 17.4 Å². The molecule has 2 N–H and O–H groups in total. The summed E-state index contributed by atoms with van der Waals surface area (Å²) in [7, 11) is 1.48. The average Bonchev–Trinajstić information content (AvgIpc) is 3.56. The number of nitrogens with zero attached hydrogens (tertiary/aromatic N) is 5. The summed E-state index contributed by atoms with van der Waals surface area (Å²) >= 11 is 1.73. The fraction of sp³-hybridized carbons (Fsp3) is 0.185. The Bertz CT molecular complexity index is 1510. The van der Waals surface area contributed by atoms with E-state index in [1.165, 1.54) is 19.0 Å². The molecular weight excluding hydrogens is 504 g/mol. The van der Waals surface area contributed by atoms with Crippen LogP contribution in [0.3, 0.4) is 0 Å². The second-order valence-electron chi connectivity index (χ2n) is 8.81. The lowest BCUT2D eigenvalue weighted by atomic mass is 10.0. The number of hydrogen-bond donors (Lipinski definition) is 2. The third kappa shape index (κ3) is 4.41. The van der Waals surface area contributed by atoms with E-state index in [1.54, 1.807) is 30.0 Å². The van der Waals surface area contributed by atoms with Gasteiger partial charge >= 0.3 is 6.01 Å². The number of rotatable bonds is 5. The van der Waals surface area contributed by atoms with Crippen molar-refractivity contribution in [1.82, 2.24) is 20.6 Å². The van der Waals surface area contributed by atoms with E-state index in [1.807, 2.05) is 24.3 Å². The normalized spacial score (nSPS) is 17.2. The van der Waals surface area contributed by atoms with Gasteiger partial charge in [0.05, 0.1) is 24.5 Å². The van der Waals surface area contributed by atoms with E-state index in [-0.39, 0.29) is 23.7 Å². The van der Waals surface area contributed by atoms with Gasteiger partial charge in [0, 0.05) is 23.1 Å². The largest absolute Gasteiger partial charge is 0.504 e. The van der Waals surface area contributed by atoms with Gasteiger partial charge in [-0.15, -0.1) is 5.10 Å². The van der Waals surface area contributed by atoms with Gasteiger partial charge in [-0.05, 0) is 42.0 Å². The third-order valence-electron chi connectivity index (χ3n) is 6.39. The van der Waals surface area contributed by atoms with Crippen LogP contribution in [-0.4, -0.2) is 39.2 Å². The Kier molecular flexibility index (Phi) is 6.12. The van der Waals surface area contributed by atoms with Crippen LogP contribution in [0, 0.1) is 0 Å². The predicted octanol–water partition coefficient (Wildman–Crippen LogP) is 5.11. The fourth-order valence-electron chi connectivity index (χ4n) is 4.63. The van der Waals surface area contributed by atoms with E-state index in [0.717, 1.165) is 26.7 Å². The maximum atomic E-state index is 12.3. The SMILES string of the molecule is COc1cc(C2C/C(=N/c3nnc(CN4c5ccccc5Sc5ccccc54)o3)NN2C(C)=O)ccc1O. The number of nitrogens with one attached hydrogen (secondary N) is 1. The number of aliphatic imine (C=N–C) groups is 1. The molecule has 1 saturated heterocycles. The lowest BCUT2D eigenvalue weighted by Gasteiger charge is -2.31. The Hall–Kier alpha value is -4.51. The summed E-state index contributed by atoms with van der Waals surface area (Å²) in [6.45, 7) is 1.85. The average molecular weight is 529 g/mol. The lowest BCUT2D eigenvalue weighted by molar-refractivity contribution is -0.132. The molecular formula is C27H24N6O4S. The van der Waals surface area contributed by atoms with Gasteiger partial charge in [-0.2, -0.15) is 4.99 Å². The number of carbonyl (C=O) groups excluding carboxylic acids is 1. The Morgan fingerprint density at radius 2 is 1.84 bits per heavy atom. The van der Waals surface area contributed by atoms with Crippen molar-refractivity contribution in [3.8, 4) is 11.5 Å². The maximum Gasteiger partial charge on any atom is 0.344 e. The highest BCUT2D eigenvalue weighted by Crippen LogP contribution is 2.48. The monoisotopic (exact) mass is 528 g/mol. The molecule has 2 aliphatic heterocycles. The number of ether oxygens (including phenoxy) is 1. The molecule has 3 aromatic carbocycles. The summed E-state index contributed by atoms with van der Waals surface area (Å²) < 4.78 is 11.1. The first-order chi connectivity index (χ1) is 18.5. The number of hydrazine groups is 1. The molecule has 0 aliphatic carbocycles. The molecule has 6 rings (SSSR count). The van der Waals surface area contributed by atoms with Gasteiger partial charge in [0.15, 0.2) is 11.5 Å². The molecule has 4 aromatic rings. The number of amides is 1. The molecule has 0 spiro atoms. The Morgan fingerprint density at radius 3 is 2.53 bits per heavy atom. The van der Waals surface area contributed by atoms with E-state index in [0.29, 0.717) is 30.4 Å². The van der Waals surface area contributed by atoms with Crippen LogP contribution in [0.1, 0.15) is 30.8 Å². The first-order valence-electron chi connectivity index (χ1n) is 12.0. The van der Waals surface area contributed by atoms with E-state index < -0.39 is 0 Å². The van der Waals surface area contributed by atoms with Crippen LogP contribution in [0.15, 0.2) is 85.9 Å². The number of anilines is 2. The summed E-state index contributed by atoms with van der Waals surface area (Å²) in [5.41, 5.74) is 5.98. The van der Waals surface area contributed by atoms with Gasteiger partial charge in [-0.1, -0.05) is 47.2 Å². The van der Waals surface area contributed by atoms with E-state index in [2.05, 4.69) is 49.8 Å². The molecule has 10 nitrogen and oxygen atoms in total. The second-order valence-corrected chi connectivity index (χ2v) is 9.90. The highest BCUT2D eigenvalue weighted by Gasteiger charge is 2.33. The first-order valence-corrected chi connectivity index (χ1v) is 12.8. The van der Waals surface area contributed by atoms with Gasteiger partial charge in [0.25, 0.3) is 0 Å². The van der Waals surface area contributed by atoms with Gasteiger partial charge < -0.3 is 19.2 Å². The molecule has 0 saturated carbocycles. The predicted molar refractivity (Wildman–Crippen MR) is 142 cm³/mol. The molecule has 2 aliphatic rings. The van der Waals surface area contributed by atoms with Gasteiger partial charge in [0.1, 0.15) is 12.4 Å². The second kappa shape index (κ2) is 9.75. The summed E-state index contributed by atoms with van der Waals surface area (Å²) in [4.78, 5) is 21.3. The van der Waals surface area contributed by atoms with Crippen molar-refractivity contribution in [1.29, 1.82) is 0 Å². The topological polar surface area (TPSA) is 116 Å². The number of carbonyl (C=O) groups is 1. The minimum atomic E-state index is -0.345. The van der Waals surface area contributed by atoms with E-state index in [4.69, 9.17) is 9.15 Å². The van der Waals surface area contributed by atoms with Crippen molar-refractivity contribution in [2.75, 3.05) is 12.0 Å². The van der Waals surface area contributed by atoms with Crippen LogP contribution < -0.4 is 15.1 Å². The number of methoxy groups -OCH3 is 1. The summed E-state index contributed by atoms with van der Waals surface area (Å²) in [5.74, 6) is 1.11. The first kappa shape index (κ1) is 23.9. The number of para-hydroxylation sites is 2. The zero-order valence-electron chi connectivity index (χ0n) is 20.7.